The van der Waals surface area contributed by atoms with Crippen LogP contribution in [0.5, 0.6) is 0 Å². The van der Waals surface area contributed by atoms with Gasteiger partial charge in [-0.15, -0.1) is 0 Å². The van der Waals surface area contributed by atoms with Crippen molar-refractivity contribution in [1.82, 2.24) is 9.21 Å². The van der Waals surface area contributed by atoms with Crippen LogP contribution in [0, 0.1) is 0 Å². The van der Waals surface area contributed by atoms with E-state index in [1.807, 2.05) is 0 Å². The molecule has 1 saturated heterocycles. The molecule has 0 N–H and O–H groups in total. The second kappa shape index (κ2) is 5.70. The largest absolute Gasteiger partial charge is 0.343 e. The summed E-state index contributed by atoms with van der Waals surface area (Å²) in [5.74, 6) is -0.186. The zero-order chi connectivity index (χ0) is 15.8. The Morgan fingerprint density at radius 1 is 1.19 bits per heavy atom. The molecule has 5 nitrogen and oxygen atoms in total. The molecule has 0 saturated carbocycles. The SMILES string of the molecule is CN1CCN(S(=O)(=O)c2ccc(CBr)cc2)C(C)(C)C1=O. The molecule has 1 aromatic rings. The highest BCUT2D eigenvalue weighted by molar-refractivity contribution is 9.08. The van der Waals surface area contributed by atoms with Crippen LogP contribution in [0.1, 0.15) is 19.4 Å². The van der Waals surface area contributed by atoms with E-state index in [0.29, 0.717) is 18.4 Å². The second-order valence-corrected chi connectivity index (χ2v) is 8.06. The van der Waals surface area contributed by atoms with Gasteiger partial charge in [0.2, 0.25) is 15.9 Å². The first-order valence-corrected chi connectivity index (χ1v) is 9.20. The molecule has 21 heavy (non-hydrogen) atoms. The van der Waals surface area contributed by atoms with Crippen molar-refractivity contribution in [3.05, 3.63) is 29.8 Å². The number of hydrogen-bond donors (Lipinski definition) is 0. The van der Waals surface area contributed by atoms with Gasteiger partial charge in [-0.1, -0.05) is 28.1 Å². The Morgan fingerprint density at radius 2 is 1.76 bits per heavy atom. The van der Waals surface area contributed by atoms with E-state index >= 15 is 0 Å². The fourth-order valence-corrected chi connectivity index (χ4v) is 4.60. The molecule has 1 aliphatic heterocycles. The number of nitrogens with zero attached hydrogens (tertiary/aromatic N) is 2. The number of halogens is 1. The summed E-state index contributed by atoms with van der Waals surface area (Å²) >= 11 is 3.33. The van der Waals surface area contributed by atoms with E-state index < -0.39 is 15.6 Å². The lowest BCUT2D eigenvalue weighted by Gasteiger charge is -2.43. The molecular weight excluding hydrogens is 356 g/mol. The van der Waals surface area contributed by atoms with Gasteiger partial charge in [0.25, 0.3) is 0 Å². The molecule has 1 aliphatic rings. The van der Waals surface area contributed by atoms with E-state index in [1.54, 1.807) is 50.1 Å². The van der Waals surface area contributed by atoms with Crippen molar-refractivity contribution < 1.29 is 13.2 Å². The number of likely N-dealkylation sites (N-methyl/N-ethyl adjacent to an activating group) is 1. The molecule has 1 amide bonds. The van der Waals surface area contributed by atoms with Crippen LogP contribution in [-0.2, 0) is 20.1 Å². The smallest absolute Gasteiger partial charge is 0.244 e. The van der Waals surface area contributed by atoms with E-state index in [4.69, 9.17) is 0 Å². The maximum atomic E-state index is 12.8. The standard InChI is InChI=1S/C14H19BrN2O3S/c1-14(2)13(18)16(3)8-9-17(14)21(19,20)12-6-4-11(10-15)5-7-12/h4-7H,8-10H2,1-3H3. The van der Waals surface area contributed by atoms with Gasteiger partial charge in [0.1, 0.15) is 5.54 Å². The zero-order valence-electron chi connectivity index (χ0n) is 12.3. The Bertz CT molecular complexity index is 641. The molecule has 1 heterocycles. The molecule has 2 rings (SSSR count). The van der Waals surface area contributed by atoms with Gasteiger partial charge >= 0.3 is 0 Å². The lowest BCUT2D eigenvalue weighted by molar-refractivity contribution is -0.142. The lowest BCUT2D eigenvalue weighted by Crippen LogP contribution is -2.63. The summed E-state index contributed by atoms with van der Waals surface area (Å²) in [5.41, 5.74) is -0.0670. The summed E-state index contributed by atoms with van der Waals surface area (Å²) < 4.78 is 26.9. The minimum Gasteiger partial charge on any atom is -0.343 e. The molecule has 0 spiro atoms. The van der Waals surface area contributed by atoms with Crippen LogP contribution in [0.15, 0.2) is 29.2 Å². The Balaban J connectivity index is 2.40. The molecule has 0 aromatic heterocycles. The van der Waals surface area contributed by atoms with E-state index in [-0.39, 0.29) is 10.8 Å². The minimum atomic E-state index is -3.68. The number of amides is 1. The Morgan fingerprint density at radius 3 is 2.29 bits per heavy atom. The van der Waals surface area contributed by atoms with Gasteiger partial charge in [-0.05, 0) is 31.5 Å². The van der Waals surface area contributed by atoms with Crippen LogP contribution < -0.4 is 0 Å². The number of benzene rings is 1. The third-order valence-electron chi connectivity index (χ3n) is 3.80. The van der Waals surface area contributed by atoms with Crippen LogP contribution >= 0.6 is 15.9 Å². The fraction of sp³-hybridized carbons (Fsp3) is 0.500. The first kappa shape index (κ1) is 16.5. The third kappa shape index (κ3) is 2.86. The van der Waals surface area contributed by atoms with Crippen molar-refractivity contribution in [2.45, 2.75) is 29.6 Å². The van der Waals surface area contributed by atoms with Gasteiger partial charge in [0, 0.05) is 25.5 Å². The normalized spacial score (nSPS) is 19.8. The average molecular weight is 375 g/mol. The monoisotopic (exact) mass is 374 g/mol. The molecule has 0 atom stereocenters. The number of carbonyl (C=O) groups is 1. The predicted molar refractivity (Wildman–Crippen MR) is 84.7 cm³/mol. The van der Waals surface area contributed by atoms with Crippen molar-refractivity contribution in [1.29, 1.82) is 0 Å². The Labute approximate surface area is 134 Å². The number of rotatable bonds is 3. The summed E-state index contributed by atoms with van der Waals surface area (Å²) in [6.45, 7) is 4.00. The molecule has 0 unspecified atom stereocenters. The highest BCUT2D eigenvalue weighted by Gasteiger charge is 2.46. The van der Waals surface area contributed by atoms with Crippen molar-refractivity contribution in [3.63, 3.8) is 0 Å². The van der Waals surface area contributed by atoms with Gasteiger partial charge in [0.15, 0.2) is 0 Å². The number of hydrogen-bond acceptors (Lipinski definition) is 3. The molecule has 1 aromatic carbocycles. The first-order valence-electron chi connectivity index (χ1n) is 6.64. The molecule has 116 valence electrons. The third-order valence-corrected chi connectivity index (χ3v) is 6.53. The summed E-state index contributed by atoms with van der Waals surface area (Å²) in [5, 5.41) is 0.672. The van der Waals surface area contributed by atoms with E-state index in [9.17, 15) is 13.2 Å². The number of alkyl halides is 1. The number of sulfonamides is 1. The van der Waals surface area contributed by atoms with Crippen LogP contribution in [0.2, 0.25) is 0 Å². The topological polar surface area (TPSA) is 57.7 Å². The molecule has 0 aliphatic carbocycles. The van der Waals surface area contributed by atoms with Crippen LogP contribution in [0.25, 0.3) is 0 Å². The maximum Gasteiger partial charge on any atom is 0.244 e. The van der Waals surface area contributed by atoms with E-state index in [0.717, 1.165) is 5.56 Å². The van der Waals surface area contributed by atoms with E-state index in [2.05, 4.69) is 15.9 Å². The van der Waals surface area contributed by atoms with Crippen LogP contribution in [0.4, 0.5) is 0 Å². The van der Waals surface area contributed by atoms with Crippen molar-refractivity contribution in [3.8, 4) is 0 Å². The fourth-order valence-electron chi connectivity index (χ4n) is 2.49. The Kier molecular flexibility index (Phi) is 4.46. The highest BCUT2D eigenvalue weighted by atomic mass is 79.9. The number of carbonyl (C=O) groups excluding carboxylic acids is 1. The summed E-state index contributed by atoms with van der Waals surface area (Å²) in [4.78, 5) is 14.0. The van der Waals surface area contributed by atoms with Crippen molar-refractivity contribution in [2.24, 2.45) is 0 Å². The lowest BCUT2D eigenvalue weighted by atomic mass is 10.0. The quantitative estimate of drug-likeness (QED) is 0.758. The molecular formula is C14H19BrN2O3S. The highest BCUT2D eigenvalue weighted by Crippen LogP contribution is 2.29. The van der Waals surface area contributed by atoms with Crippen molar-refractivity contribution >= 4 is 31.9 Å². The second-order valence-electron chi connectivity index (χ2n) is 5.64. The molecule has 0 bridgehead atoms. The Hall–Kier alpha value is -0.920. The molecule has 1 fully saturated rings. The van der Waals surface area contributed by atoms with Gasteiger partial charge in [0.05, 0.1) is 4.90 Å². The zero-order valence-corrected chi connectivity index (χ0v) is 14.7. The summed E-state index contributed by atoms with van der Waals surface area (Å²) in [7, 11) is -1.99. The predicted octanol–water partition coefficient (Wildman–Crippen LogP) is 1.82. The maximum absolute atomic E-state index is 12.8. The van der Waals surface area contributed by atoms with Gasteiger partial charge < -0.3 is 4.90 Å². The van der Waals surface area contributed by atoms with Crippen molar-refractivity contribution in [2.75, 3.05) is 20.1 Å². The van der Waals surface area contributed by atoms with E-state index in [1.165, 1.54) is 4.31 Å². The van der Waals surface area contributed by atoms with Gasteiger partial charge in [-0.25, -0.2) is 8.42 Å². The number of piperazine rings is 1. The van der Waals surface area contributed by atoms with Gasteiger partial charge in [-0.3, -0.25) is 4.79 Å². The average Bonchev–Trinajstić information content (AvgIpc) is 2.44. The summed E-state index contributed by atoms with van der Waals surface area (Å²) in [6.07, 6.45) is 0. The molecule has 0 radical (unpaired) electrons. The summed E-state index contributed by atoms with van der Waals surface area (Å²) in [6, 6.07) is 6.72. The molecule has 7 heteroatoms. The minimum absolute atomic E-state index is 0.186. The van der Waals surface area contributed by atoms with Gasteiger partial charge in [-0.2, -0.15) is 4.31 Å². The van der Waals surface area contributed by atoms with Crippen LogP contribution in [-0.4, -0.2) is 49.2 Å². The first-order chi connectivity index (χ1) is 9.71. The van der Waals surface area contributed by atoms with Crippen LogP contribution in [0.3, 0.4) is 0 Å².